The fraction of sp³-hybridized carbons (Fsp3) is 0.500. The van der Waals surface area contributed by atoms with Gasteiger partial charge < -0.3 is 0 Å². The van der Waals surface area contributed by atoms with Gasteiger partial charge >= 0.3 is 0 Å². The van der Waals surface area contributed by atoms with Crippen molar-refractivity contribution in [3.63, 3.8) is 0 Å². The number of carbonyl (C=O) groups is 1. The van der Waals surface area contributed by atoms with Gasteiger partial charge in [-0.3, -0.25) is 4.79 Å². The van der Waals surface area contributed by atoms with Crippen molar-refractivity contribution < 1.29 is 21.6 Å². The van der Waals surface area contributed by atoms with Crippen LogP contribution < -0.4 is 4.72 Å². The van der Waals surface area contributed by atoms with Gasteiger partial charge in [0, 0.05) is 12.1 Å². The molecule has 1 N–H and O–H groups in total. The number of sulfonamides is 1. The van der Waals surface area contributed by atoms with Crippen molar-refractivity contribution >= 4 is 25.6 Å². The zero-order valence-corrected chi connectivity index (χ0v) is 13.9. The summed E-state index contributed by atoms with van der Waals surface area (Å²) in [5.74, 6) is 0.129. The molecule has 0 spiro atoms. The van der Waals surface area contributed by atoms with E-state index in [9.17, 15) is 21.6 Å². The number of sulfone groups is 1. The number of ketones is 1. The van der Waals surface area contributed by atoms with Crippen molar-refractivity contribution in [2.45, 2.75) is 24.7 Å². The van der Waals surface area contributed by atoms with Crippen LogP contribution in [-0.2, 0) is 19.9 Å². The highest BCUT2D eigenvalue weighted by atomic mass is 32.2. The van der Waals surface area contributed by atoms with Crippen molar-refractivity contribution in [3.8, 4) is 0 Å². The van der Waals surface area contributed by atoms with E-state index in [0.717, 1.165) is 0 Å². The van der Waals surface area contributed by atoms with Crippen LogP contribution in [0, 0.1) is 5.92 Å². The summed E-state index contributed by atoms with van der Waals surface area (Å²) < 4.78 is 49.5. The van der Waals surface area contributed by atoms with E-state index in [0.29, 0.717) is 18.4 Å². The molecule has 0 aromatic heterocycles. The molecule has 2 rings (SSSR count). The van der Waals surface area contributed by atoms with Crippen molar-refractivity contribution in [2.24, 2.45) is 5.92 Å². The number of rotatable bonds is 6. The van der Waals surface area contributed by atoms with Gasteiger partial charge in [0.25, 0.3) is 0 Å². The lowest BCUT2D eigenvalue weighted by Gasteiger charge is -2.10. The topological polar surface area (TPSA) is 97.4 Å². The van der Waals surface area contributed by atoms with Gasteiger partial charge in [-0.15, -0.1) is 0 Å². The van der Waals surface area contributed by atoms with Crippen LogP contribution in [0.3, 0.4) is 0 Å². The molecule has 0 aliphatic carbocycles. The number of benzene rings is 1. The summed E-state index contributed by atoms with van der Waals surface area (Å²) in [7, 11) is -6.63. The molecule has 0 saturated carbocycles. The molecular weight excluding hydrogens is 326 g/mol. The smallest absolute Gasteiger partial charge is 0.240 e. The quantitative estimate of drug-likeness (QED) is 0.776. The summed E-state index contributed by atoms with van der Waals surface area (Å²) >= 11 is 0. The average molecular weight is 345 g/mol. The Morgan fingerprint density at radius 3 is 2.68 bits per heavy atom. The SMILES string of the molecule is CC(=O)c1cccc(S(=O)(=O)NCCC2CCS(=O)(=O)C2)c1. The number of Topliss-reactive ketones (excluding diaryl/α,β-unsaturated/α-hetero) is 1. The maximum atomic E-state index is 12.2. The highest BCUT2D eigenvalue weighted by Crippen LogP contribution is 2.21. The first-order valence-corrected chi connectivity index (χ1v) is 10.3. The summed E-state index contributed by atoms with van der Waals surface area (Å²) in [4.78, 5) is 11.3. The van der Waals surface area contributed by atoms with Gasteiger partial charge in [-0.05, 0) is 37.8 Å². The van der Waals surface area contributed by atoms with Crippen molar-refractivity contribution in [3.05, 3.63) is 29.8 Å². The van der Waals surface area contributed by atoms with Gasteiger partial charge in [0.05, 0.1) is 16.4 Å². The molecule has 1 aliphatic rings. The molecule has 122 valence electrons. The molecule has 1 aromatic carbocycles. The van der Waals surface area contributed by atoms with Gasteiger partial charge in [-0.1, -0.05) is 12.1 Å². The molecule has 1 fully saturated rings. The molecule has 1 heterocycles. The molecule has 1 atom stereocenters. The van der Waals surface area contributed by atoms with E-state index in [-0.39, 0.29) is 34.6 Å². The summed E-state index contributed by atoms with van der Waals surface area (Å²) in [6, 6.07) is 5.85. The van der Waals surface area contributed by atoms with Crippen LogP contribution >= 0.6 is 0 Å². The van der Waals surface area contributed by atoms with Crippen molar-refractivity contribution in [1.82, 2.24) is 4.72 Å². The second-order valence-corrected chi connectivity index (χ2v) is 9.54. The lowest BCUT2D eigenvalue weighted by Crippen LogP contribution is -2.26. The third-order valence-electron chi connectivity index (χ3n) is 3.72. The Kier molecular flexibility index (Phi) is 5.03. The van der Waals surface area contributed by atoms with Crippen LogP contribution in [0.4, 0.5) is 0 Å². The van der Waals surface area contributed by atoms with E-state index < -0.39 is 19.9 Å². The van der Waals surface area contributed by atoms with Crippen LogP contribution in [0.5, 0.6) is 0 Å². The molecular formula is C14H19NO5S2. The molecule has 1 saturated heterocycles. The number of hydrogen-bond acceptors (Lipinski definition) is 5. The van der Waals surface area contributed by atoms with Crippen LogP contribution in [0.25, 0.3) is 0 Å². The Morgan fingerprint density at radius 2 is 2.09 bits per heavy atom. The number of nitrogens with one attached hydrogen (secondary N) is 1. The molecule has 1 aliphatic heterocycles. The van der Waals surface area contributed by atoms with E-state index in [2.05, 4.69) is 4.72 Å². The van der Waals surface area contributed by atoms with Crippen molar-refractivity contribution in [2.75, 3.05) is 18.1 Å². The van der Waals surface area contributed by atoms with Gasteiger partial charge in [0.2, 0.25) is 10.0 Å². The molecule has 0 radical (unpaired) electrons. The molecule has 22 heavy (non-hydrogen) atoms. The number of carbonyl (C=O) groups excluding carboxylic acids is 1. The minimum atomic E-state index is -3.69. The highest BCUT2D eigenvalue weighted by molar-refractivity contribution is 7.91. The first-order valence-electron chi connectivity index (χ1n) is 7.01. The van der Waals surface area contributed by atoms with Gasteiger partial charge in [0.15, 0.2) is 15.6 Å². The molecule has 1 aromatic rings. The normalized spacial score (nSPS) is 20.9. The molecule has 0 amide bonds. The molecule has 0 bridgehead atoms. The second-order valence-electron chi connectivity index (χ2n) is 5.54. The molecule has 6 nitrogen and oxygen atoms in total. The summed E-state index contributed by atoms with van der Waals surface area (Å²) in [5.41, 5.74) is 0.338. The highest BCUT2D eigenvalue weighted by Gasteiger charge is 2.27. The predicted octanol–water partition coefficient (Wildman–Crippen LogP) is 0.992. The van der Waals surface area contributed by atoms with E-state index in [1.807, 2.05) is 0 Å². The maximum Gasteiger partial charge on any atom is 0.240 e. The Bertz CT molecular complexity index is 768. The van der Waals surface area contributed by atoms with Crippen molar-refractivity contribution in [1.29, 1.82) is 0 Å². The Morgan fingerprint density at radius 1 is 1.36 bits per heavy atom. The Labute approximate surface area is 130 Å². The Balaban J connectivity index is 1.97. The fourth-order valence-corrected chi connectivity index (χ4v) is 5.47. The van der Waals surface area contributed by atoms with Crippen LogP contribution in [0.2, 0.25) is 0 Å². The summed E-state index contributed by atoms with van der Waals surface area (Å²) in [6.45, 7) is 1.56. The second kappa shape index (κ2) is 6.47. The summed E-state index contributed by atoms with van der Waals surface area (Å²) in [5, 5.41) is 0. The lowest BCUT2D eigenvalue weighted by atomic mass is 10.1. The van der Waals surface area contributed by atoms with E-state index >= 15 is 0 Å². The van der Waals surface area contributed by atoms with E-state index in [1.54, 1.807) is 6.07 Å². The fourth-order valence-electron chi connectivity index (χ4n) is 2.46. The largest absolute Gasteiger partial charge is 0.295 e. The maximum absolute atomic E-state index is 12.2. The Hall–Kier alpha value is -1.25. The van der Waals surface area contributed by atoms with Gasteiger partial charge in [0.1, 0.15) is 0 Å². The zero-order chi connectivity index (χ0) is 16.4. The third-order valence-corrected chi connectivity index (χ3v) is 7.02. The van der Waals surface area contributed by atoms with E-state index in [4.69, 9.17) is 0 Å². The van der Waals surface area contributed by atoms with Crippen LogP contribution in [0.1, 0.15) is 30.1 Å². The van der Waals surface area contributed by atoms with Gasteiger partial charge in [-0.25, -0.2) is 21.6 Å². The first-order chi connectivity index (χ1) is 10.2. The van der Waals surface area contributed by atoms with Crippen LogP contribution in [0.15, 0.2) is 29.2 Å². The minimum Gasteiger partial charge on any atom is -0.295 e. The molecule has 1 unspecified atom stereocenters. The average Bonchev–Trinajstić information content (AvgIpc) is 2.78. The monoisotopic (exact) mass is 345 g/mol. The van der Waals surface area contributed by atoms with E-state index in [1.165, 1.54) is 25.1 Å². The third kappa shape index (κ3) is 4.37. The molecule has 8 heteroatoms. The van der Waals surface area contributed by atoms with Crippen LogP contribution in [-0.4, -0.2) is 40.7 Å². The van der Waals surface area contributed by atoms with Gasteiger partial charge in [-0.2, -0.15) is 0 Å². The predicted molar refractivity (Wildman–Crippen MR) is 83.0 cm³/mol. The minimum absolute atomic E-state index is 0.0104. The first kappa shape index (κ1) is 17.1. The lowest BCUT2D eigenvalue weighted by molar-refractivity contribution is 0.101. The zero-order valence-electron chi connectivity index (χ0n) is 12.3. The number of hydrogen-bond donors (Lipinski definition) is 1. The standard InChI is InChI=1S/C14H19NO5S2/c1-11(16)13-3-2-4-14(9-13)22(19,20)15-7-5-12-6-8-21(17,18)10-12/h2-4,9,12,15H,5-8,10H2,1H3. The summed E-state index contributed by atoms with van der Waals surface area (Å²) in [6.07, 6.45) is 1.08.